The first-order chi connectivity index (χ1) is 16.4. The summed E-state index contributed by atoms with van der Waals surface area (Å²) in [4.78, 5) is 9.16. The van der Waals surface area contributed by atoms with Crippen molar-refractivity contribution in [3.8, 4) is 0 Å². The summed E-state index contributed by atoms with van der Waals surface area (Å²) in [5.74, 6) is -0.236. The molecule has 2 saturated heterocycles. The highest BCUT2D eigenvalue weighted by molar-refractivity contribution is 7.80. The van der Waals surface area contributed by atoms with E-state index in [0.29, 0.717) is 17.3 Å². The molecule has 2 aromatic rings. The average Bonchev–Trinajstić information content (AvgIpc) is 3.31. The van der Waals surface area contributed by atoms with E-state index in [-0.39, 0.29) is 10.9 Å². The van der Waals surface area contributed by atoms with Crippen molar-refractivity contribution in [3.63, 3.8) is 0 Å². The number of hydrogen-bond donors (Lipinski definition) is 2. The summed E-state index contributed by atoms with van der Waals surface area (Å²) in [5.41, 5.74) is 11.7. The predicted octanol–water partition coefficient (Wildman–Crippen LogP) is 2.46. The van der Waals surface area contributed by atoms with Crippen LogP contribution in [0.25, 0.3) is 0 Å². The quantitative estimate of drug-likeness (QED) is 0.356. The number of hydrogen-bond acceptors (Lipinski definition) is 6. The first kappa shape index (κ1) is 24.4. The molecule has 2 fully saturated rings. The summed E-state index contributed by atoms with van der Waals surface area (Å²) in [6, 6.07) is 14.5. The Hall–Kier alpha value is -2.75. The molecule has 9 heteroatoms. The van der Waals surface area contributed by atoms with Crippen LogP contribution >= 0.6 is 12.2 Å². The summed E-state index contributed by atoms with van der Waals surface area (Å²) in [5, 5.41) is 4.18. The van der Waals surface area contributed by atoms with E-state index in [1.165, 1.54) is 5.56 Å². The second kappa shape index (κ2) is 11.1. The SMILES string of the molecule is CN(C)[C@@H]1CCN(c2cc(N3CCN(Cc4ccccc4)CC3)c(F)cc2C=NNC(N)=S)C1. The Labute approximate surface area is 207 Å². The Morgan fingerprint density at radius 3 is 2.50 bits per heavy atom. The van der Waals surface area contributed by atoms with Crippen LogP contribution in [0.5, 0.6) is 0 Å². The van der Waals surface area contributed by atoms with Crippen molar-refractivity contribution in [2.45, 2.75) is 19.0 Å². The van der Waals surface area contributed by atoms with Crippen LogP contribution in [0.2, 0.25) is 0 Å². The minimum absolute atomic E-state index is 0.0807. The monoisotopic (exact) mass is 483 g/mol. The summed E-state index contributed by atoms with van der Waals surface area (Å²) in [7, 11) is 4.21. The molecule has 0 bridgehead atoms. The van der Waals surface area contributed by atoms with Crippen LogP contribution in [-0.2, 0) is 6.54 Å². The second-order valence-electron chi connectivity index (χ2n) is 9.20. The van der Waals surface area contributed by atoms with Crippen LogP contribution in [0.4, 0.5) is 15.8 Å². The van der Waals surface area contributed by atoms with Gasteiger partial charge in [0.2, 0.25) is 0 Å². The van der Waals surface area contributed by atoms with E-state index in [1.807, 2.05) is 12.1 Å². The maximum absolute atomic E-state index is 15.3. The van der Waals surface area contributed by atoms with Crippen molar-refractivity contribution in [2.75, 3.05) is 63.2 Å². The van der Waals surface area contributed by atoms with E-state index in [9.17, 15) is 0 Å². The number of thiocarbonyl (C=S) groups is 1. The topological polar surface area (TPSA) is 63.4 Å². The molecule has 2 aliphatic rings. The van der Waals surface area contributed by atoms with Gasteiger partial charge < -0.3 is 20.4 Å². The molecule has 0 saturated carbocycles. The lowest BCUT2D eigenvalue weighted by molar-refractivity contribution is 0.249. The molecule has 2 heterocycles. The fourth-order valence-corrected chi connectivity index (χ4v) is 4.77. The third-order valence-corrected chi connectivity index (χ3v) is 6.76. The average molecular weight is 484 g/mol. The van der Waals surface area contributed by atoms with Gasteiger partial charge in [0.25, 0.3) is 0 Å². The number of hydrazone groups is 1. The van der Waals surface area contributed by atoms with E-state index in [4.69, 9.17) is 18.0 Å². The molecule has 0 radical (unpaired) electrons. The predicted molar refractivity (Wildman–Crippen MR) is 142 cm³/mol. The van der Waals surface area contributed by atoms with Crippen LogP contribution in [0.3, 0.4) is 0 Å². The smallest absolute Gasteiger partial charge is 0.184 e. The molecule has 182 valence electrons. The van der Waals surface area contributed by atoms with Crippen LogP contribution in [0, 0.1) is 5.82 Å². The van der Waals surface area contributed by atoms with E-state index in [1.54, 1.807) is 12.3 Å². The van der Waals surface area contributed by atoms with Gasteiger partial charge in [-0.25, -0.2) is 4.39 Å². The molecule has 7 nitrogen and oxygen atoms in total. The van der Waals surface area contributed by atoms with Crippen molar-refractivity contribution in [1.82, 2.24) is 15.2 Å². The van der Waals surface area contributed by atoms with Gasteiger partial charge in [-0.15, -0.1) is 0 Å². The number of halogens is 1. The Kier molecular flexibility index (Phi) is 7.97. The highest BCUT2D eigenvalue weighted by Crippen LogP contribution is 2.32. The van der Waals surface area contributed by atoms with Crippen molar-refractivity contribution < 1.29 is 4.39 Å². The van der Waals surface area contributed by atoms with Gasteiger partial charge in [0.15, 0.2) is 5.11 Å². The van der Waals surface area contributed by atoms with Gasteiger partial charge in [-0.3, -0.25) is 10.3 Å². The number of benzene rings is 2. The number of piperazine rings is 1. The molecule has 1 atom stereocenters. The van der Waals surface area contributed by atoms with Crippen molar-refractivity contribution >= 4 is 34.9 Å². The highest BCUT2D eigenvalue weighted by Gasteiger charge is 2.28. The number of likely N-dealkylation sites (N-methyl/N-ethyl adjacent to an activating group) is 1. The number of nitrogens with one attached hydrogen (secondary N) is 1. The van der Waals surface area contributed by atoms with E-state index >= 15 is 4.39 Å². The largest absolute Gasteiger partial charge is 0.375 e. The van der Waals surface area contributed by atoms with E-state index < -0.39 is 0 Å². The zero-order chi connectivity index (χ0) is 24.1. The molecule has 0 aromatic heterocycles. The first-order valence-corrected chi connectivity index (χ1v) is 12.2. The van der Waals surface area contributed by atoms with Crippen LogP contribution in [-0.4, -0.2) is 80.5 Å². The maximum Gasteiger partial charge on any atom is 0.184 e. The van der Waals surface area contributed by atoms with Crippen molar-refractivity contribution in [3.05, 3.63) is 59.4 Å². The summed E-state index contributed by atoms with van der Waals surface area (Å²) in [6.07, 6.45) is 2.67. The Morgan fingerprint density at radius 2 is 1.85 bits per heavy atom. The van der Waals surface area contributed by atoms with Crippen molar-refractivity contribution in [2.24, 2.45) is 10.8 Å². The maximum atomic E-state index is 15.3. The molecule has 34 heavy (non-hydrogen) atoms. The third kappa shape index (κ3) is 6.02. The zero-order valence-corrected chi connectivity index (χ0v) is 20.8. The van der Waals surface area contributed by atoms with E-state index in [0.717, 1.165) is 57.9 Å². The van der Waals surface area contributed by atoms with Gasteiger partial charge in [-0.1, -0.05) is 30.3 Å². The molecule has 0 amide bonds. The number of nitrogens with two attached hydrogens (primary N) is 1. The standard InChI is InChI=1S/C25H34FN7S/c1-30(2)21-8-9-33(18-21)23-15-24(22(26)14-20(23)16-28-29-25(27)34)32-12-10-31(11-13-32)17-19-6-4-3-5-7-19/h3-7,14-16,21H,8-13,17-18H2,1-2H3,(H3,27,29,34)/t21-/m1/s1. The van der Waals surface area contributed by atoms with Gasteiger partial charge in [-0.2, -0.15) is 5.10 Å². The molecule has 0 aliphatic carbocycles. The molecule has 4 rings (SSSR count). The fraction of sp³-hybridized carbons (Fsp3) is 0.440. The Balaban J connectivity index is 1.52. The highest BCUT2D eigenvalue weighted by atomic mass is 32.1. The summed E-state index contributed by atoms with van der Waals surface area (Å²) >= 11 is 4.83. The lowest BCUT2D eigenvalue weighted by Crippen LogP contribution is -2.46. The minimum atomic E-state index is -0.236. The molecule has 3 N–H and O–H groups in total. The zero-order valence-electron chi connectivity index (χ0n) is 20.0. The third-order valence-electron chi connectivity index (χ3n) is 6.67. The van der Waals surface area contributed by atoms with Crippen molar-refractivity contribution in [1.29, 1.82) is 0 Å². The molecule has 2 aliphatic heterocycles. The summed E-state index contributed by atoms with van der Waals surface area (Å²) in [6.45, 7) is 6.12. The van der Waals surface area contributed by atoms with Crippen LogP contribution in [0.15, 0.2) is 47.6 Å². The Bertz CT molecular complexity index is 1010. The normalized spacial score (nSPS) is 19.4. The number of rotatable bonds is 7. The Morgan fingerprint density at radius 1 is 1.12 bits per heavy atom. The molecule has 0 unspecified atom stereocenters. The van der Waals surface area contributed by atoms with Crippen LogP contribution < -0.4 is 21.0 Å². The lowest BCUT2D eigenvalue weighted by Gasteiger charge is -2.37. The molecular weight excluding hydrogens is 449 g/mol. The summed E-state index contributed by atoms with van der Waals surface area (Å²) < 4.78 is 15.3. The fourth-order valence-electron chi connectivity index (χ4n) is 4.72. The van der Waals surface area contributed by atoms with Gasteiger partial charge in [0, 0.05) is 63.1 Å². The first-order valence-electron chi connectivity index (χ1n) is 11.8. The minimum Gasteiger partial charge on any atom is -0.375 e. The van der Waals surface area contributed by atoms with Gasteiger partial charge in [0.05, 0.1) is 11.9 Å². The number of nitrogens with zero attached hydrogens (tertiary/aromatic N) is 5. The lowest BCUT2D eigenvalue weighted by atomic mass is 10.1. The molecular formula is C25H34FN7S. The molecule has 2 aromatic carbocycles. The number of anilines is 2. The van der Waals surface area contributed by atoms with Crippen LogP contribution in [0.1, 0.15) is 17.5 Å². The van der Waals surface area contributed by atoms with Gasteiger partial charge in [0.1, 0.15) is 5.82 Å². The second-order valence-corrected chi connectivity index (χ2v) is 9.64. The van der Waals surface area contributed by atoms with Gasteiger partial charge in [-0.05, 0) is 50.4 Å². The van der Waals surface area contributed by atoms with E-state index in [2.05, 4.69) is 68.5 Å². The van der Waals surface area contributed by atoms with Gasteiger partial charge >= 0.3 is 0 Å². The molecule has 0 spiro atoms.